The van der Waals surface area contributed by atoms with Gasteiger partial charge in [0.15, 0.2) is 0 Å². The molecule has 2 saturated heterocycles. The molecule has 2 heterocycles. The van der Waals surface area contributed by atoms with Crippen LogP contribution in [0.25, 0.3) is 0 Å². The third kappa shape index (κ3) is 18.2. The monoisotopic (exact) mass is 1200 g/mol. The smallest absolute Gasteiger partial charge is 0.272 e. The third-order valence-electron chi connectivity index (χ3n) is 14.9. The molecule has 0 N–H and O–H groups in total. The van der Waals surface area contributed by atoms with E-state index in [2.05, 4.69) is 0 Å². The molecule has 16 heteroatoms. The third-order valence-corrected chi connectivity index (χ3v) is 16.3. The molecule has 0 saturated carbocycles. The van der Waals surface area contributed by atoms with Crippen molar-refractivity contribution in [2.75, 3.05) is 32.7 Å². The fourth-order valence-electron chi connectivity index (χ4n) is 10.6. The average Bonchev–Trinajstić information content (AvgIpc) is 2.25. The highest BCUT2D eigenvalue weighted by molar-refractivity contribution is 7.86. The molecule has 2 aliphatic heterocycles. The summed E-state index contributed by atoms with van der Waals surface area (Å²) in [4.78, 5) is 0. The number of benzene rings is 8. The van der Waals surface area contributed by atoms with Gasteiger partial charge in [0.25, 0.3) is 10.1 Å². The molecule has 2 aliphatic rings. The minimum Gasteiger partial charge on any atom is -0.497 e. The van der Waals surface area contributed by atoms with E-state index in [0.717, 1.165) is 38.9 Å². The first kappa shape index (κ1) is 62.9. The van der Waals surface area contributed by atoms with E-state index in [1.807, 2.05) is 212 Å². The van der Waals surface area contributed by atoms with Gasteiger partial charge in [0, 0.05) is 0 Å². The van der Waals surface area contributed by atoms with Gasteiger partial charge < -0.3 is 56.8 Å². The Balaban J connectivity index is 1.10. The van der Waals surface area contributed by atoms with Gasteiger partial charge in [0.05, 0.1) is 73.2 Å². The highest BCUT2D eigenvalue weighted by atomic mass is 32.2. The van der Waals surface area contributed by atoms with Crippen LogP contribution in [-0.2, 0) is 108 Å². The fourth-order valence-corrected chi connectivity index (χ4v) is 11.9. The molecule has 8 aromatic carbocycles. The van der Waals surface area contributed by atoms with E-state index in [0.29, 0.717) is 11.5 Å². The Kier molecular flexibility index (Phi) is 23.3. The highest BCUT2D eigenvalue weighted by Crippen LogP contribution is 2.41. The molecule has 0 bridgehead atoms. The molecule has 0 amide bonds. The van der Waals surface area contributed by atoms with Crippen LogP contribution < -0.4 is 9.47 Å². The van der Waals surface area contributed by atoms with Crippen molar-refractivity contribution in [2.24, 2.45) is 0 Å². The van der Waals surface area contributed by atoms with Crippen LogP contribution >= 0.6 is 0 Å². The molecule has 0 unspecified atom stereocenters. The Morgan fingerprint density at radius 2 is 0.770 bits per heavy atom. The molecule has 456 valence electrons. The van der Waals surface area contributed by atoms with Gasteiger partial charge in [-0.2, -0.15) is 8.42 Å². The summed E-state index contributed by atoms with van der Waals surface area (Å²) in [6.45, 7) is 1.75. The van der Waals surface area contributed by atoms with Crippen molar-refractivity contribution in [2.45, 2.75) is 114 Å². The van der Waals surface area contributed by atoms with Gasteiger partial charge in [0.1, 0.15) is 66.1 Å². The van der Waals surface area contributed by atoms with Crippen LogP contribution in [0.5, 0.6) is 11.5 Å². The van der Waals surface area contributed by atoms with Crippen LogP contribution in [0.1, 0.15) is 45.9 Å². The van der Waals surface area contributed by atoms with Crippen LogP contribution in [0.4, 0.5) is 0 Å². The maximum atomic E-state index is 14.8. The van der Waals surface area contributed by atoms with Crippen molar-refractivity contribution in [1.29, 1.82) is 0 Å². The lowest BCUT2D eigenvalue weighted by molar-refractivity contribution is -0.385. The zero-order chi connectivity index (χ0) is 59.9. The first-order valence-electron chi connectivity index (χ1n) is 29.4. The zero-order valence-electron chi connectivity index (χ0n) is 49.0. The number of hydrogen-bond donors (Lipinski definition) is 0. The molecule has 0 aromatic heterocycles. The van der Waals surface area contributed by atoms with Gasteiger partial charge in [-0.05, 0) is 70.1 Å². The van der Waals surface area contributed by atoms with E-state index in [4.69, 9.17) is 61.0 Å². The van der Waals surface area contributed by atoms with Crippen LogP contribution in [0.15, 0.2) is 237 Å². The summed E-state index contributed by atoms with van der Waals surface area (Å²) >= 11 is 0. The van der Waals surface area contributed by atoms with Crippen molar-refractivity contribution in [3.05, 3.63) is 276 Å². The Labute approximate surface area is 511 Å². The van der Waals surface area contributed by atoms with Gasteiger partial charge in [-0.1, -0.05) is 212 Å². The largest absolute Gasteiger partial charge is 0.497 e. The van der Waals surface area contributed by atoms with E-state index in [-0.39, 0.29) is 59.5 Å². The van der Waals surface area contributed by atoms with Gasteiger partial charge >= 0.3 is 0 Å². The van der Waals surface area contributed by atoms with Crippen LogP contribution in [-0.4, -0.2) is 102 Å². The van der Waals surface area contributed by atoms with E-state index in [1.54, 1.807) is 38.3 Å². The van der Waals surface area contributed by atoms with E-state index >= 15 is 0 Å². The summed E-state index contributed by atoms with van der Waals surface area (Å²) in [6, 6.07) is 75.3. The van der Waals surface area contributed by atoms with Crippen molar-refractivity contribution >= 4 is 10.1 Å². The lowest BCUT2D eigenvalue weighted by Gasteiger charge is -2.52. The fraction of sp³-hybridized carbons (Fsp3) is 0.324. The average molecular weight is 1200 g/mol. The first-order chi connectivity index (χ1) is 42.7. The number of rotatable bonds is 32. The van der Waals surface area contributed by atoms with E-state index in [1.165, 1.54) is 0 Å². The predicted molar refractivity (Wildman–Crippen MR) is 327 cm³/mol. The van der Waals surface area contributed by atoms with Gasteiger partial charge in [-0.25, -0.2) is 0 Å². The molecule has 0 aliphatic carbocycles. The number of ether oxygens (including phenoxy) is 12. The second-order valence-corrected chi connectivity index (χ2v) is 22.9. The molecule has 15 nitrogen and oxygen atoms in total. The molecule has 87 heavy (non-hydrogen) atoms. The second-order valence-electron chi connectivity index (χ2n) is 21.2. The predicted octanol–water partition coefficient (Wildman–Crippen LogP) is 12.0. The quantitative estimate of drug-likeness (QED) is 0.0367. The van der Waals surface area contributed by atoms with Gasteiger partial charge in [-0.3, -0.25) is 4.18 Å². The number of methoxy groups -OCH3 is 1. The van der Waals surface area contributed by atoms with Crippen LogP contribution in [0.2, 0.25) is 0 Å². The standard InChI is InChI=1S/C71H76O15S/c1-3-83-87(72,73)52-71(69(81-49-59-37-23-10-24-38-59)67(79-47-57-33-19-8-20-34-57)65(77-45-55-29-15-6-16-30-55)63(86-71)50-75-43-53-25-11-4-12-26-53)82-51-62-64(76-44-54-27-13-5-14-28-54)66(78-46-56-31-17-7-18-32-56)68(80-48-58-35-21-9-22-36-58)70(85-62)84-61-41-39-60(74-2)40-42-61/h4-42,62-70H,3,43-52H2,1-2H3/t62-,63-,64-,65-,66+,67+,68-,69-,70-,71+/m1/s1. The van der Waals surface area contributed by atoms with Crippen molar-refractivity contribution in [1.82, 2.24) is 0 Å². The van der Waals surface area contributed by atoms with E-state index < -0.39 is 83.4 Å². The molecular weight excluding hydrogens is 1120 g/mol. The second kappa shape index (κ2) is 32.2. The SMILES string of the molecule is CCOS(=O)(=O)C[C@]1(OC[C@H]2O[C@@H](Oc3ccc(OC)cc3)[C@H](OCc3ccccc3)[C@@H](OCc3ccccc3)[C@@H]2OCc2ccccc2)O[C@H](COCc2ccccc2)[C@@H](OCc2ccccc2)[C@H](OCc2ccccc2)[C@H]1OCc1ccccc1. The maximum Gasteiger partial charge on any atom is 0.272 e. The minimum absolute atomic E-state index is 0.0171. The van der Waals surface area contributed by atoms with Crippen molar-refractivity contribution < 1.29 is 69.4 Å². The van der Waals surface area contributed by atoms with Gasteiger partial charge in [0.2, 0.25) is 12.1 Å². The molecule has 0 spiro atoms. The summed E-state index contributed by atoms with van der Waals surface area (Å²) in [7, 11) is -2.94. The molecule has 8 aromatic rings. The Morgan fingerprint density at radius 1 is 0.402 bits per heavy atom. The first-order valence-corrected chi connectivity index (χ1v) is 31.0. The van der Waals surface area contributed by atoms with E-state index in [9.17, 15) is 8.42 Å². The zero-order valence-corrected chi connectivity index (χ0v) is 49.8. The Bertz CT molecular complexity index is 3320. The Hall–Kier alpha value is -7.13. The molecular formula is C71H76O15S. The topological polar surface area (TPSA) is 154 Å². The maximum absolute atomic E-state index is 14.8. The lowest BCUT2D eigenvalue weighted by atomic mass is 9.91. The Morgan fingerprint density at radius 3 is 1.20 bits per heavy atom. The molecule has 10 atom stereocenters. The van der Waals surface area contributed by atoms with Crippen LogP contribution in [0.3, 0.4) is 0 Å². The van der Waals surface area contributed by atoms with Crippen LogP contribution in [0, 0.1) is 0 Å². The highest BCUT2D eigenvalue weighted by Gasteiger charge is 2.61. The summed E-state index contributed by atoms with van der Waals surface area (Å²) < 4.78 is 119. The van der Waals surface area contributed by atoms with Crippen molar-refractivity contribution in [3.63, 3.8) is 0 Å². The minimum atomic E-state index is -4.54. The normalized spacial score (nSPS) is 23.0. The molecule has 2 fully saturated rings. The summed E-state index contributed by atoms with van der Waals surface area (Å²) in [6.07, 6.45) is -9.65. The summed E-state index contributed by atoms with van der Waals surface area (Å²) in [5.41, 5.74) is 6.11. The lowest BCUT2D eigenvalue weighted by Crippen LogP contribution is -2.71. The summed E-state index contributed by atoms with van der Waals surface area (Å²) in [5, 5.41) is 0. The molecule has 10 rings (SSSR count). The number of hydrogen-bond acceptors (Lipinski definition) is 15. The van der Waals surface area contributed by atoms with Crippen molar-refractivity contribution in [3.8, 4) is 11.5 Å². The summed E-state index contributed by atoms with van der Waals surface area (Å²) in [5.74, 6) is -2.07. The molecule has 0 radical (unpaired) electrons. The van der Waals surface area contributed by atoms with Gasteiger partial charge in [-0.15, -0.1) is 0 Å².